The first-order valence-corrected chi connectivity index (χ1v) is 6.38. The van der Waals surface area contributed by atoms with Gasteiger partial charge in [0.05, 0.1) is 12.6 Å². The van der Waals surface area contributed by atoms with E-state index in [0.29, 0.717) is 0 Å². The lowest BCUT2D eigenvalue weighted by Gasteiger charge is -2.31. The predicted octanol–water partition coefficient (Wildman–Crippen LogP) is 1.46. The van der Waals surface area contributed by atoms with Crippen LogP contribution in [-0.2, 0) is 0 Å². The lowest BCUT2D eigenvalue weighted by atomic mass is 10.1. The van der Waals surface area contributed by atoms with Crippen LogP contribution >= 0.6 is 0 Å². The van der Waals surface area contributed by atoms with Crippen molar-refractivity contribution in [3.63, 3.8) is 0 Å². The second-order valence-corrected chi connectivity index (χ2v) is 4.86. The Bertz CT molecular complexity index is 378. The molecule has 0 spiro atoms. The van der Waals surface area contributed by atoms with Gasteiger partial charge in [0.15, 0.2) is 0 Å². The number of hydrogen-bond acceptors (Lipinski definition) is 3. The highest BCUT2D eigenvalue weighted by Crippen LogP contribution is 2.21. The fourth-order valence-electron chi connectivity index (χ4n) is 2.34. The largest absolute Gasteiger partial charge is 0.394 e. The Kier molecular flexibility index (Phi) is 4.02. The normalized spacial score (nSPS) is 21.4. The number of rotatable bonds is 2. The summed E-state index contributed by atoms with van der Waals surface area (Å²) in [6, 6.07) is 6.75. The zero-order chi connectivity index (χ0) is 12.3. The average Bonchev–Trinajstić information content (AvgIpc) is 2.57. The minimum Gasteiger partial charge on any atom is -0.394 e. The number of anilines is 1. The molecule has 1 aromatic rings. The van der Waals surface area contributed by atoms with Crippen LogP contribution in [0.5, 0.6) is 0 Å². The van der Waals surface area contributed by atoms with E-state index in [0.717, 1.165) is 26.1 Å². The maximum atomic E-state index is 9.49. The van der Waals surface area contributed by atoms with Crippen molar-refractivity contribution in [1.29, 1.82) is 0 Å². The van der Waals surface area contributed by atoms with E-state index in [2.05, 4.69) is 42.3 Å². The van der Waals surface area contributed by atoms with Crippen molar-refractivity contribution < 1.29 is 5.11 Å². The Labute approximate surface area is 103 Å². The van der Waals surface area contributed by atoms with Crippen LogP contribution in [0, 0.1) is 13.8 Å². The molecule has 94 valence electrons. The van der Waals surface area contributed by atoms with Crippen molar-refractivity contribution in [2.24, 2.45) is 0 Å². The van der Waals surface area contributed by atoms with E-state index in [1.165, 1.54) is 16.8 Å². The Balaban J connectivity index is 2.25. The summed E-state index contributed by atoms with van der Waals surface area (Å²) < 4.78 is 0. The summed E-state index contributed by atoms with van der Waals surface area (Å²) in [6.45, 7) is 7.40. The third-order valence-corrected chi connectivity index (χ3v) is 3.61. The van der Waals surface area contributed by atoms with E-state index >= 15 is 0 Å². The first kappa shape index (κ1) is 12.4. The third kappa shape index (κ3) is 2.79. The Morgan fingerprint density at radius 1 is 1.35 bits per heavy atom. The number of aliphatic hydroxyl groups is 1. The van der Waals surface area contributed by atoms with Gasteiger partial charge in [0.1, 0.15) is 0 Å². The number of hydrogen-bond donors (Lipinski definition) is 2. The average molecular weight is 234 g/mol. The topological polar surface area (TPSA) is 35.5 Å². The van der Waals surface area contributed by atoms with Gasteiger partial charge >= 0.3 is 0 Å². The van der Waals surface area contributed by atoms with Gasteiger partial charge in [0.2, 0.25) is 0 Å². The summed E-state index contributed by atoms with van der Waals surface area (Å²) in [5.74, 6) is 0. The number of nitrogens with one attached hydrogen (secondary N) is 1. The molecule has 3 heteroatoms. The molecule has 1 fully saturated rings. The molecular formula is C14H22N2O. The highest BCUT2D eigenvalue weighted by Gasteiger charge is 2.20. The summed E-state index contributed by atoms with van der Waals surface area (Å²) >= 11 is 0. The van der Waals surface area contributed by atoms with Gasteiger partial charge in [-0.05, 0) is 50.1 Å². The molecule has 2 N–H and O–H groups in total. The fourth-order valence-corrected chi connectivity index (χ4v) is 2.34. The molecule has 1 aromatic carbocycles. The van der Waals surface area contributed by atoms with Crippen molar-refractivity contribution in [3.8, 4) is 0 Å². The molecule has 1 atom stereocenters. The molecule has 0 bridgehead atoms. The zero-order valence-electron chi connectivity index (χ0n) is 10.7. The van der Waals surface area contributed by atoms with Crippen molar-refractivity contribution in [1.82, 2.24) is 5.32 Å². The van der Waals surface area contributed by atoms with E-state index in [1.807, 2.05) is 0 Å². The number of nitrogens with zero attached hydrogens (tertiary/aromatic N) is 1. The van der Waals surface area contributed by atoms with E-state index in [9.17, 15) is 5.11 Å². The van der Waals surface area contributed by atoms with Crippen molar-refractivity contribution in [2.75, 3.05) is 31.1 Å². The molecule has 0 saturated carbocycles. The molecule has 0 aliphatic carbocycles. The summed E-state index contributed by atoms with van der Waals surface area (Å²) in [7, 11) is 0. The summed E-state index contributed by atoms with van der Waals surface area (Å²) in [4.78, 5) is 2.33. The van der Waals surface area contributed by atoms with Crippen LogP contribution in [0.15, 0.2) is 18.2 Å². The van der Waals surface area contributed by atoms with Crippen LogP contribution in [0.25, 0.3) is 0 Å². The van der Waals surface area contributed by atoms with Crippen LogP contribution in [0.4, 0.5) is 5.69 Å². The maximum Gasteiger partial charge on any atom is 0.0647 e. The molecule has 1 unspecified atom stereocenters. The molecule has 1 heterocycles. The van der Waals surface area contributed by atoms with Gasteiger partial charge in [0.25, 0.3) is 0 Å². The monoisotopic (exact) mass is 234 g/mol. The number of benzene rings is 1. The zero-order valence-corrected chi connectivity index (χ0v) is 10.7. The Hall–Kier alpha value is -1.06. The minimum absolute atomic E-state index is 0.194. The lowest BCUT2D eigenvalue weighted by molar-refractivity contribution is 0.260. The second-order valence-electron chi connectivity index (χ2n) is 4.86. The number of aliphatic hydroxyl groups excluding tert-OH is 1. The first-order chi connectivity index (χ1) is 8.22. The molecule has 0 amide bonds. The van der Waals surface area contributed by atoms with Gasteiger partial charge in [-0.1, -0.05) is 6.07 Å². The molecule has 0 aromatic heterocycles. The third-order valence-electron chi connectivity index (χ3n) is 3.61. The molecule has 0 radical (unpaired) electrons. The minimum atomic E-state index is 0.194. The molecule has 3 nitrogen and oxygen atoms in total. The SMILES string of the molecule is Cc1ccc(N2CCCNCC2CO)cc1C. The van der Waals surface area contributed by atoms with E-state index in [1.54, 1.807) is 0 Å². The summed E-state index contributed by atoms with van der Waals surface area (Å²) in [5.41, 5.74) is 3.87. The van der Waals surface area contributed by atoms with Crippen molar-refractivity contribution in [3.05, 3.63) is 29.3 Å². The lowest BCUT2D eigenvalue weighted by Crippen LogP contribution is -2.42. The van der Waals surface area contributed by atoms with E-state index in [-0.39, 0.29) is 12.6 Å². The van der Waals surface area contributed by atoms with Crippen LogP contribution in [0.1, 0.15) is 17.5 Å². The van der Waals surface area contributed by atoms with Crippen LogP contribution in [0.2, 0.25) is 0 Å². The summed E-state index contributed by atoms with van der Waals surface area (Å²) in [5, 5.41) is 12.9. The van der Waals surface area contributed by atoms with E-state index < -0.39 is 0 Å². The predicted molar refractivity (Wildman–Crippen MR) is 71.6 cm³/mol. The molecule has 1 saturated heterocycles. The van der Waals surface area contributed by atoms with Gasteiger partial charge in [0, 0.05) is 18.8 Å². The highest BCUT2D eigenvalue weighted by molar-refractivity contribution is 5.51. The quantitative estimate of drug-likeness (QED) is 0.813. The Morgan fingerprint density at radius 2 is 2.18 bits per heavy atom. The Morgan fingerprint density at radius 3 is 2.88 bits per heavy atom. The van der Waals surface area contributed by atoms with Crippen LogP contribution < -0.4 is 10.2 Å². The smallest absolute Gasteiger partial charge is 0.0647 e. The second kappa shape index (κ2) is 5.52. The van der Waals surface area contributed by atoms with Gasteiger partial charge < -0.3 is 15.3 Å². The van der Waals surface area contributed by atoms with Gasteiger partial charge in [-0.3, -0.25) is 0 Å². The molecule has 1 aliphatic rings. The van der Waals surface area contributed by atoms with Gasteiger partial charge in [-0.25, -0.2) is 0 Å². The van der Waals surface area contributed by atoms with Crippen LogP contribution in [-0.4, -0.2) is 37.4 Å². The molecule has 17 heavy (non-hydrogen) atoms. The number of aryl methyl sites for hydroxylation is 2. The van der Waals surface area contributed by atoms with Gasteiger partial charge in [-0.2, -0.15) is 0 Å². The molecule has 2 rings (SSSR count). The fraction of sp³-hybridized carbons (Fsp3) is 0.571. The standard InChI is InChI=1S/C14H22N2O/c1-11-4-5-13(8-12(11)2)16-7-3-6-15-9-14(16)10-17/h4-5,8,14-15,17H,3,6-7,9-10H2,1-2H3. The van der Waals surface area contributed by atoms with Gasteiger partial charge in [-0.15, -0.1) is 0 Å². The molecular weight excluding hydrogens is 212 g/mol. The maximum absolute atomic E-state index is 9.49. The first-order valence-electron chi connectivity index (χ1n) is 6.38. The van der Waals surface area contributed by atoms with Crippen LogP contribution in [0.3, 0.4) is 0 Å². The van der Waals surface area contributed by atoms with Crippen molar-refractivity contribution >= 4 is 5.69 Å². The van der Waals surface area contributed by atoms with E-state index in [4.69, 9.17) is 0 Å². The molecule has 1 aliphatic heterocycles. The van der Waals surface area contributed by atoms with Crippen molar-refractivity contribution in [2.45, 2.75) is 26.3 Å². The highest BCUT2D eigenvalue weighted by atomic mass is 16.3. The summed E-state index contributed by atoms with van der Waals surface area (Å²) in [6.07, 6.45) is 1.13.